The molecule has 1 rings (SSSR count). The van der Waals surface area contributed by atoms with Crippen molar-refractivity contribution in [3.8, 4) is 0 Å². The first-order valence-electron chi connectivity index (χ1n) is 4.39. The van der Waals surface area contributed by atoms with E-state index in [9.17, 15) is 9.90 Å². The van der Waals surface area contributed by atoms with Gasteiger partial charge in [0.1, 0.15) is 23.3 Å². The molecule has 2 N–H and O–H groups in total. The molecule has 0 aliphatic rings. The van der Waals surface area contributed by atoms with E-state index in [1.165, 1.54) is 0 Å². The number of carbonyl (C=O) groups excluding carboxylic acids is 1. The van der Waals surface area contributed by atoms with E-state index in [1.54, 1.807) is 24.3 Å². The number of hydrogen-bond acceptors (Lipinski definition) is 4. The molecule has 0 saturated carbocycles. The molecule has 84 valence electrons. The van der Waals surface area contributed by atoms with Gasteiger partial charge < -0.3 is 15.2 Å². The Kier molecular flexibility index (Phi) is 4.44. The third-order valence-corrected chi connectivity index (χ3v) is 2.11. The lowest BCUT2D eigenvalue weighted by Crippen LogP contribution is -2.40. The molecule has 0 bridgehead atoms. The van der Waals surface area contributed by atoms with Crippen LogP contribution in [0.15, 0.2) is 29.4 Å². The SMILES string of the molecule is N=[N+]=NCC(NC(=O)[O-])c1cccc(Cl)c1. The van der Waals surface area contributed by atoms with Gasteiger partial charge in [-0.05, 0) is 17.7 Å². The van der Waals surface area contributed by atoms with Gasteiger partial charge in [0.05, 0.1) is 6.04 Å². The molecule has 0 spiro atoms. The van der Waals surface area contributed by atoms with Gasteiger partial charge >= 0.3 is 0 Å². The predicted octanol–water partition coefficient (Wildman–Crippen LogP) is 0.864. The fraction of sp³-hybridized carbons (Fsp3) is 0.222. The minimum Gasteiger partial charge on any atom is -0.530 e. The van der Waals surface area contributed by atoms with Crippen LogP contribution in [-0.4, -0.2) is 12.6 Å². The van der Waals surface area contributed by atoms with Crippen LogP contribution in [-0.2, 0) is 0 Å². The molecular formula is C9H9ClN4O2. The molecular weight excluding hydrogens is 232 g/mol. The summed E-state index contributed by atoms with van der Waals surface area (Å²) < 4.78 is 0. The molecule has 0 fully saturated rings. The van der Waals surface area contributed by atoms with Gasteiger partial charge in [0.2, 0.25) is 4.91 Å². The minimum atomic E-state index is -1.41. The molecule has 7 heteroatoms. The van der Waals surface area contributed by atoms with Gasteiger partial charge in [0.25, 0.3) is 0 Å². The zero-order valence-corrected chi connectivity index (χ0v) is 8.94. The van der Waals surface area contributed by atoms with Crippen molar-refractivity contribution in [3.05, 3.63) is 34.9 Å². The summed E-state index contributed by atoms with van der Waals surface area (Å²) >= 11 is 5.78. The van der Waals surface area contributed by atoms with Crippen LogP contribution in [0.3, 0.4) is 0 Å². The van der Waals surface area contributed by atoms with Crippen molar-refractivity contribution in [3.63, 3.8) is 0 Å². The molecule has 0 aromatic heterocycles. The molecule has 0 aliphatic carbocycles. The summed E-state index contributed by atoms with van der Waals surface area (Å²) in [6.07, 6.45) is -1.41. The Morgan fingerprint density at radius 3 is 3.00 bits per heavy atom. The first kappa shape index (κ1) is 12.2. The number of benzene rings is 1. The van der Waals surface area contributed by atoms with Crippen molar-refractivity contribution < 1.29 is 9.90 Å². The Morgan fingerprint density at radius 2 is 2.44 bits per heavy atom. The summed E-state index contributed by atoms with van der Waals surface area (Å²) in [5.74, 6) is 0. The van der Waals surface area contributed by atoms with Gasteiger partial charge in [-0.2, -0.15) is 0 Å². The smallest absolute Gasteiger partial charge is 0.214 e. The summed E-state index contributed by atoms with van der Waals surface area (Å²) in [5.41, 5.74) is 7.17. The lowest BCUT2D eigenvalue weighted by atomic mass is 10.1. The Balaban J connectivity index is 2.90. The van der Waals surface area contributed by atoms with Crippen LogP contribution in [0.25, 0.3) is 0 Å². The van der Waals surface area contributed by atoms with Crippen LogP contribution in [0.2, 0.25) is 5.02 Å². The fourth-order valence-electron chi connectivity index (χ4n) is 1.22. The van der Waals surface area contributed by atoms with Crippen molar-refractivity contribution in [2.45, 2.75) is 6.04 Å². The molecule has 0 aliphatic heterocycles. The van der Waals surface area contributed by atoms with E-state index in [2.05, 4.69) is 15.3 Å². The lowest BCUT2D eigenvalue weighted by Gasteiger charge is -2.16. The minimum absolute atomic E-state index is 0.0256. The molecule has 6 nitrogen and oxygen atoms in total. The second-order valence-corrected chi connectivity index (χ2v) is 3.40. The molecule has 0 heterocycles. The summed E-state index contributed by atoms with van der Waals surface area (Å²) in [5, 5.41) is 16.5. The number of carboxylic acid groups (broad SMARTS) is 1. The number of carbonyl (C=O) groups is 1. The second-order valence-electron chi connectivity index (χ2n) is 2.96. The Labute approximate surface area is 96.5 Å². The third kappa shape index (κ3) is 3.68. The molecule has 0 radical (unpaired) electrons. The number of amides is 1. The Morgan fingerprint density at radius 1 is 1.69 bits per heavy atom. The molecule has 1 unspecified atom stereocenters. The highest BCUT2D eigenvalue weighted by Gasteiger charge is 2.13. The Bertz CT molecular complexity index is 427. The van der Waals surface area contributed by atoms with E-state index in [1.807, 2.05) is 0 Å². The monoisotopic (exact) mass is 240 g/mol. The van der Waals surface area contributed by atoms with E-state index in [-0.39, 0.29) is 6.54 Å². The van der Waals surface area contributed by atoms with Gasteiger partial charge in [-0.15, -0.1) is 0 Å². The fourth-order valence-corrected chi connectivity index (χ4v) is 1.42. The largest absolute Gasteiger partial charge is 0.530 e. The number of halogens is 1. The summed E-state index contributed by atoms with van der Waals surface area (Å²) in [7, 11) is 0. The zero-order chi connectivity index (χ0) is 12.0. The van der Waals surface area contributed by atoms with E-state index < -0.39 is 12.1 Å². The van der Waals surface area contributed by atoms with Crippen molar-refractivity contribution >= 4 is 17.7 Å². The van der Waals surface area contributed by atoms with Crippen LogP contribution in [0, 0.1) is 5.53 Å². The van der Waals surface area contributed by atoms with E-state index >= 15 is 0 Å². The number of hydrogen-bond donors (Lipinski definition) is 2. The van der Waals surface area contributed by atoms with Gasteiger partial charge in [0, 0.05) is 5.02 Å². The van der Waals surface area contributed by atoms with E-state index in [0.717, 1.165) is 0 Å². The molecule has 0 saturated heterocycles. The van der Waals surface area contributed by atoms with E-state index in [4.69, 9.17) is 17.1 Å². The molecule has 1 aromatic carbocycles. The van der Waals surface area contributed by atoms with Crippen molar-refractivity contribution in [2.24, 2.45) is 5.11 Å². The molecule has 1 amide bonds. The van der Waals surface area contributed by atoms with Crippen LogP contribution in [0.5, 0.6) is 0 Å². The highest BCUT2D eigenvalue weighted by atomic mass is 35.5. The van der Waals surface area contributed by atoms with Crippen LogP contribution < -0.4 is 15.3 Å². The molecule has 1 aromatic rings. The average Bonchev–Trinajstić information content (AvgIpc) is 2.23. The van der Waals surface area contributed by atoms with E-state index in [0.29, 0.717) is 10.6 Å². The maximum Gasteiger partial charge on any atom is 0.214 e. The van der Waals surface area contributed by atoms with Gasteiger partial charge in [-0.3, -0.25) is 0 Å². The predicted molar refractivity (Wildman–Crippen MR) is 54.9 cm³/mol. The molecule has 1 atom stereocenters. The number of nitrogens with one attached hydrogen (secondary N) is 2. The third-order valence-electron chi connectivity index (χ3n) is 1.88. The summed E-state index contributed by atoms with van der Waals surface area (Å²) in [4.78, 5) is 13.3. The van der Waals surface area contributed by atoms with Crippen LogP contribution >= 0.6 is 11.6 Å². The molecule has 16 heavy (non-hydrogen) atoms. The first-order chi connectivity index (χ1) is 7.63. The summed E-state index contributed by atoms with van der Waals surface area (Å²) in [6, 6.07) is 6.07. The Hall–Kier alpha value is -1.91. The van der Waals surface area contributed by atoms with Gasteiger partial charge in [-0.1, -0.05) is 23.7 Å². The van der Waals surface area contributed by atoms with Crippen molar-refractivity contribution in [2.75, 3.05) is 6.54 Å². The zero-order valence-electron chi connectivity index (χ0n) is 8.18. The maximum absolute atomic E-state index is 10.5. The second kappa shape index (κ2) is 5.85. The maximum atomic E-state index is 10.5. The lowest BCUT2D eigenvalue weighted by molar-refractivity contribution is -0.251. The van der Waals surface area contributed by atoms with Crippen molar-refractivity contribution in [1.82, 2.24) is 10.2 Å². The average molecular weight is 241 g/mol. The van der Waals surface area contributed by atoms with Crippen LogP contribution in [0.4, 0.5) is 4.79 Å². The normalized spacial score (nSPS) is 11.3. The highest BCUT2D eigenvalue weighted by molar-refractivity contribution is 6.30. The first-order valence-corrected chi connectivity index (χ1v) is 4.77. The quantitative estimate of drug-likeness (QED) is 0.602. The number of rotatable bonds is 4. The summed E-state index contributed by atoms with van der Waals surface area (Å²) in [6.45, 7) is 0.0256. The van der Waals surface area contributed by atoms with Crippen molar-refractivity contribution in [1.29, 1.82) is 5.53 Å². The van der Waals surface area contributed by atoms with Gasteiger partial charge in [0.15, 0.2) is 0 Å². The topological polar surface area (TPSA) is 102 Å². The van der Waals surface area contributed by atoms with Crippen LogP contribution in [0.1, 0.15) is 11.6 Å². The highest BCUT2D eigenvalue weighted by Crippen LogP contribution is 2.17. The number of nitrogens with zero attached hydrogens (tertiary/aromatic N) is 2. The standard InChI is InChI=1S/C9H9ClN4O2/c10-7-3-1-2-6(4-7)8(5-12-14-11)13-9(15)16/h1-4,8,11,13H,5H2. The van der Waals surface area contributed by atoms with Gasteiger partial charge in [-0.25, -0.2) is 0 Å².